The molecule has 1 fully saturated rings. The Hall–Kier alpha value is -1.92. The Morgan fingerprint density at radius 2 is 1.56 bits per heavy atom. The molecule has 1 aliphatic rings. The van der Waals surface area contributed by atoms with E-state index in [0.717, 1.165) is 56.8 Å². The Bertz CT molecular complexity index is 568. The SMILES string of the molecule is CCCNC(=O)CN1CCN(CC(=O)Nc2ccccc2CC)CC1. The molecule has 0 unspecified atom stereocenters. The van der Waals surface area contributed by atoms with Gasteiger partial charge in [-0.1, -0.05) is 32.0 Å². The van der Waals surface area contributed by atoms with Crippen LogP contribution in [-0.4, -0.2) is 67.4 Å². The zero-order valence-electron chi connectivity index (χ0n) is 15.4. The standard InChI is InChI=1S/C19H30N4O2/c1-3-9-20-18(24)14-22-10-12-23(13-11-22)15-19(25)21-17-8-6-5-7-16(17)4-2/h5-8H,3-4,9-15H2,1-2H3,(H,20,24)(H,21,25). The zero-order valence-corrected chi connectivity index (χ0v) is 15.4. The molecule has 2 N–H and O–H groups in total. The minimum atomic E-state index is 0.0232. The van der Waals surface area contributed by atoms with Crippen LogP contribution in [-0.2, 0) is 16.0 Å². The van der Waals surface area contributed by atoms with Crippen molar-refractivity contribution in [3.63, 3.8) is 0 Å². The lowest BCUT2D eigenvalue weighted by Gasteiger charge is -2.33. The average molecular weight is 346 g/mol. The first-order valence-electron chi connectivity index (χ1n) is 9.21. The summed E-state index contributed by atoms with van der Waals surface area (Å²) >= 11 is 0. The minimum Gasteiger partial charge on any atom is -0.355 e. The molecule has 0 bridgehead atoms. The van der Waals surface area contributed by atoms with Gasteiger partial charge in [0, 0.05) is 38.4 Å². The number of hydrogen-bond acceptors (Lipinski definition) is 4. The maximum Gasteiger partial charge on any atom is 0.238 e. The third kappa shape index (κ3) is 6.48. The van der Waals surface area contributed by atoms with E-state index in [1.165, 1.54) is 0 Å². The molecular formula is C19H30N4O2. The van der Waals surface area contributed by atoms with Crippen LogP contribution in [0.3, 0.4) is 0 Å². The second-order valence-electron chi connectivity index (χ2n) is 6.46. The van der Waals surface area contributed by atoms with E-state index in [9.17, 15) is 9.59 Å². The number of hydrogen-bond donors (Lipinski definition) is 2. The number of carbonyl (C=O) groups is 2. The van der Waals surface area contributed by atoms with E-state index >= 15 is 0 Å². The molecular weight excluding hydrogens is 316 g/mol. The van der Waals surface area contributed by atoms with Gasteiger partial charge in [-0.15, -0.1) is 0 Å². The summed E-state index contributed by atoms with van der Waals surface area (Å²) in [5.74, 6) is 0.110. The highest BCUT2D eigenvalue weighted by molar-refractivity contribution is 5.93. The van der Waals surface area contributed by atoms with Crippen molar-refractivity contribution >= 4 is 17.5 Å². The van der Waals surface area contributed by atoms with Gasteiger partial charge in [0.1, 0.15) is 0 Å². The molecule has 1 aliphatic heterocycles. The van der Waals surface area contributed by atoms with Crippen molar-refractivity contribution in [3.8, 4) is 0 Å². The van der Waals surface area contributed by atoms with Crippen LogP contribution in [0.25, 0.3) is 0 Å². The van der Waals surface area contributed by atoms with E-state index < -0.39 is 0 Å². The Balaban J connectivity index is 1.72. The summed E-state index contributed by atoms with van der Waals surface area (Å²) in [5.41, 5.74) is 2.06. The molecule has 2 amide bonds. The number of amides is 2. The van der Waals surface area contributed by atoms with Gasteiger partial charge < -0.3 is 10.6 Å². The Kier molecular flexibility index (Phi) is 7.88. The van der Waals surface area contributed by atoms with E-state index in [4.69, 9.17) is 0 Å². The second-order valence-corrected chi connectivity index (χ2v) is 6.46. The third-order valence-corrected chi connectivity index (χ3v) is 4.44. The molecule has 0 spiro atoms. The number of carbonyl (C=O) groups excluding carboxylic acids is 2. The normalized spacial score (nSPS) is 15.8. The van der Waals surface area contributed by atoms with Gasteiger partial charge in [0.2, 0.25) is 11.8 Å². The van der Waals surface area contributed by atoms with Gasteiger partial charge in [0.15, 0.2) is 0 Å². The average Bonchev–Trinajstić information content (AvgIpc) is 2.62. The van der Waals surface area contributed by atoms with Gasteiger partial charge in [-0.2, -0.15) is 0 Å². The van der Waals surface area contributed by atoms with Crippen LogP contribution in [0.4, 0.5) is 5.69 Å². The van der Waals surface area contributed by atoms with E-state index in [1.54, 1.807) is 0 Å². The number of para-hydroxylation sites is 1. The van der Waals surface area contributed by atoms with Crippen molar-refractivity contribution in [1.82, 2.24) is 15.1 Å². The van der Waals surface area contributed by atoms with Gasteiger partial charge in [-0.3, -0.25) is 19.4 Å². The lowest BCUT2D eigenvalue weighted by Crippen LogP contribution is -2.51. The maximum atomic E-state index is 12.3. The van der Waals surface area contributed by atoms with Crippen molar-refractivity contribution in [3.05, 3.63) is 29.8 Å². The molecule has 6 nitrogen and oxygen atoms in total. The molecule has 6 heteroatoms. The lowest BCUT2D eigenvalue weighted by molar-refractivity contribution is -0.123. The summed E-state index contributed by atoms with van der Waals surface area (Å²) in [6.45, 7) is 8.96. The van der Waals surface area contributed by atoms with Gasteiger partial charge >= 0.3 is 0 Å². The number of anilines is 1. The van der Waals surface area contributed by atoms with Crippen LogP contribution in [0, 0.1) is 0 Å². The van der Waals surface area contributed by atoms with Crippen LogP contribution in [0.2, 0.25) is 0 Å². The molecule has 1 aromatic rings. The Morgan fingerprint density at radius 3 is 2.16 bits per heavy atom. The smallest absolute Gasteiger partial charge is 0.238 e. The molecule has 0 aromatic heterocycles. The summed E-state index contributed by atoms with van der Waals surface area (Å²) in [7, 11) is 0. The first kappa shape index (κ1) is 19.4. The molecule has 138 valence electrons. The van der Waals surface area contributed by atoms with Crippen molar-refractivity contribution in [2.45, 2.75) is 26.7 Å². The molecule has 0 radical (unpaired) electrons. The fraction of sp³-hybridized carbons (Fsp3) is 0.579. The van der Waals surface area contributed by atoms with Gasteiger partial charge in [-0.05, 0) is 24.5 Å². The summed E-state index contributed by atoms with van der Waals surface area (Å²) in [5, 5.41) is 5.92. The first-order valence-corrected chi connectivity index (χ1v) is 9.21. The topological polar surface area (TPSA) is 64.7 Å². The van der Waals surface area contributed by atoms with Crippen LogP contribution in [0.15, 0.2) is 24.3 Å². The van der Waals surface area contributed by atoms with Crippen LogP contribution in [0.1, 0.15) is 25.8 Å². The fourth-order valence-electron chi connectivity index (χ4n) is 2.97. The predicted molar refractivity (Wildman–Crippen MR) is 101 cm³/mol. The second kappa shape index (κ2) is 10.2. The quantitative estimate of drug-likeness (QED) is 0.745. The molecule has 2 rings (SSSR count). The summed E-state index contributed by atoms with van der Waals surface area (Å²) < 4.78 is 0. The Morgan fingerprint density at radius 1 is 0.960 bits per heavy atom. The number of aryl methyl sites for hydroxylation is 1. The van der Waals surface area contributed by atoms with E-state index in [1.807, 2.05) is 31.2 Å². The van der Waals surface area contributed by atoms with Crippen molar-refractivity contribution < 1.29 is 9.59 Å². The first-order chi connectivity index (χ1) is 12.1. The van der Waals surface area contributed by atoms with Crippen molar-refractivity contribution in [2.24, 2.45) is 0 Å². The molecule has 0 aliphatic carbocycles. The zero-order chi connectivity index (χ0) is 18.1. The monoisotopic (exact) mass is 346 g/mol. The largest absolute Gasteiger partial charge is 0.355 e. The molecule has 1 heterocycles. The molecule has 25 heavy (non-hydrogen) atoms. The highest BCUT2D eigenvalue weighted by atomic mass is 16.2. The van der Waals surface area contributed by atoms with Gasteiger partial charge in [0.05, 0.1) is 13.1 Å². The van der Waals surface area contributed by atoms with E-state index in [2.05, 4.69) is 27.4 Å². The highest BCUT2D eigenvalue weighted by Crippen LogP contribution is 2.15. The van der Waals surface area contributed by atoms with E-state index in [0.29, 0.717) is 13.1 Å². The highest BCUT2D eigenvalue weighted by Gasteiger charge is 2.20. The van der Waals surface area contributed by atoms with Crippen LogP contribution >= 0.6 is 0 Å². The van der Waals surface area contributed by atoms with Gasteiger partial charge in [0.25, 0.3) is 0 Å². The van der Waals surface area contributed by atoms with Gasteiger partial charge in [-0.25, -0.2) is 0 Å². The van der Waals surface area contributed by atoms with E-state index in [-0.39, 0.29) is 11.8 Å². The molecule has 1 saturated heterocycles. The fourth-order valence-corrected chi connectivity index (χ4v) is 2.97. The number of nitrogens with one attached hydrogen (secondary N) is 2. The predicted octanol–water partition coefficient (Wildman–Crippen LogP) is 1.33. The lowest BCUT2D eigenvalue weighted by atomic mass is 10.1. The molecule has 0 saturated carbocycles. The third-order valence-electron chi connectivity index (χ3n) is 4.44. The summed E-state index contributed by atoms with van der Waals surface area (Å²) in [6.07, 6.45) is 1.85. The number of nitrogens with zero attached hydrogens (tertiary/aromatic N) is 2. The van der Waals surface area contributed by atoms with Crippen LogP contribution in [0.5, 0.6) is 0 Å². The summed E-state index contributed by atoms with van der Waals surface area (Å²) in [4.78, 5) is 28.3. The van der Waals surface area contributed by atoms with Crippen molar-refractivity contribution in [1.29, 1.82) is 0 Å². The van der Waals surface area contributed by atoms with Crippen molar-refractivity contribution in [2.75, 3.05) is 51.1 Å². The minimum absolute atomic E-state index is 0.0232. The number of benzene rings is 1. The summed E-state index contributed by atoms with van der Waals surface area (Å²) in [6, 6.07) is 7.92. The van der Waals surface area contributed by atoms with Crippen LogP contribution < -0.4 is 10.6 Å². The Labute approximate surface area is 150 Å². The number of rotatable bonds is 8. The maximum absolute atomic E-state index is 12.3. The molecule has 1 aromatic carbocycles. The molecule has 0 atom stereocenters. The number of piperazine rings is 1.